The van der Waals surface area contributed by atoms with E-state index in [2.05, 4.69) is 78.5 Å². The van der Waals surface area contributed by atoms with Crippen LogP contribution in [0.5, 0.6) is 0 Å². The second kappa shape index (κ2) is 9.05. The third kappa shape index (κ3) is 4.01. The maximum absolute atomic E-state index is 9.80. The number of rotatable bonds is 4. The Morgan fingerprint density at radius 3 is 2.27 bits per heavy atom. The van der Waals surface area contributed by atoms with Crippen molar-refractivity contribution in [2.24, 2.45) is 5.73 Å². The highest BCUT2D eigenvalue weighted by molar-refractivity contribution is 7.98. The number of ether oxygens (including phenoxy) is 1. The third-order valence-electron chi connectivity index (χ3n) is 5.36. The van der Waals surface area contributed by atoms with Gasteiger partial charge in [0.2, 0.25) is 5.88 Å². The Labute approximate surface area is 185 Å². The molecule has 0 unspecified atom stereocenters. The van der Waals surface area contributed by atoms with Crippen molar-refractivity contribution in [2.45, 2.75) is 15.7 Å². The van der Waals surface area contributed by atoms with E-state index in [1.54, 1.807) is 23.5 Å². The van der Waals surface area contributed by atoms with E-state index < -0.39 is 0 Å². The molecule has 0 saturated heterocycles. The molecule has 4 nitrogen and oxygen atoms in total. The van der Waals surface area contributed by atoms with Gasteiger partial charge in [-0.15, -0.1) is 23.5 Å². The lowest BCUT2D eigenvalue weighted by Crippen LogP contribution is -2.34. The van der Waals surface area contributed by atoms with Crippen LogP contribution in [0.1, 0.15) is 17.0 Å². The molecule has 3 N–H and O–H groups in total. The van der Waals surface area contributed by atoms with Crippen molar-refractivity contribution in [2.75, 3.05) is 25.6 Å². The van der Waals surface area contributed by atoms with Crippen molar-refractivity contribution in [3.8, 4) is 6.07 Å². The van der Waals surface area contributed by atoms with Crippen molar-refractivity contribution < 1.29 is 4.74 Å². The van der Waals surface area contributed by atoms with Gasteiger partial charge in [-0.3, -0.25) is 0 Å². The third-order valence-corrected chi connectivity index (χ3v) is 6.84. The largest absolute Gasteiger partial charge is 0.440 e. The smallest absolute Gasteiger partial charge is 0.205 e. The molecule has 6 heteroatoms. The predicted octanol–water partition coefficient (Wildman–Crippen LogP) is 4.88. The summed E-state index contributed by atoms with van der Waals surface area (Å²) in [6, 6.07) is 19.0. The highest BCUT2D eigenvalue weighted by Gasteiger charge is 2.35. The lowest BCUT2D eigenvalue weighted by atomic mass is 9.80. The highest BCUT2D eigenvalue weighted by Crippen LogP contribution is 2.42. The van der Waals surface area contributed by atoms with E-state index in [9.17, 15) is 5.26 Å². The SMILES string of the molecule is CSc1ccc(/C=C2\CNCC3=C2OC(N)=C(C#N)[C@@H]3c2ccc(SC)cc2)cc1. The fourth-order valence-electron chi connectivity index (χ4n) is 3.85. The Morgan fingerprint density at radius 2 is 1.67 bits per heavy atom. The van der Waals surface area contributed by atoms with Crippen LogP contribution >= 0.6 is 23.5 Å². The molecule has 2 aliphatic heterocycles. The molecule has 152 valence electrons. The van der Waals surface area contributed by atoms with Gasteiger partial charge in [-0.2, -0.15) is 5.26 Å². The van der Waals surface area contributed by atoms with Gasteiger partial charge in [0.1, 0.15) is 17.4 Å². The van der Waals surface area contributed by atoms with Crippen LogP contribution in [-0.2, 0) is 4.74 Å². The molecule has 0 saturated carbocycles. The molecule has 2 aromatic rings. The maximum atomic E-state index is 9.80. The number of benzene rings is 2. The van der Waals surface area contributed by atoms with Crippen LogP contribution in [0.2, 0.25) is 0 Å². The summed E-state index contributed by atoms with van der Waals surface area (Å²) in [6.45, 7) is 1.35. The summed E-state index contributed by atoms with van der Waals surface area (Å²) in [5.41, 5.74) is 10.9. The molecule has 0 fully saturated rings. The Kier molecular flexibility index (Phi) is 6.24. The molecule has 0 amide bonds. The molecule has 0 bridgehead atoms. The molecule has 0 spiro atoms. The van der Waals surface area contributed by atoms with Crippen molar-refractivity contribution in [1.82, 2.24) is 5.32 Å². The predicted molar refractivity (Wildman–Crippen MR) is 125 cm³/mol. The second-order valence-corrected chi connectivity index (χ2v) is 8.86. The van der Waals surface area contributed by atoms with Crippen molar-refractivity contribution in [1.29, 1.82) is 5.26 Å². The van der Waals surface area contributed by atoms with E-state index in [-0.39, 0.29) is 11.8 Å². The average Bonchev–Trinajstić information content (AvgIpc) is 2.79. The fourth-order valence-corrected chi connectivity index (χ4v) is 4.66. The second-order valence-electron chi connectivity index (χ2n) is 7.10. The lowest BCUT2D eigenvalue weighted by Gasteiger charge is -2.33. The normalized spacial score (nSPS) is 20.0. The number of hydrogen-bond acceptors (Lipinski definition) is 6. The quantitative estimate of drug-likeness (QED) is 0.670. The van der Waals surface area contributed by atoms with Gasteiger partial charge in [-0.1, -0.05) is 24.3 Å². The van der Waals surface area contributed by atoms with Gasteiger partial charge in [-0.05, 0) is 59.6 Å². The van der Waals surface area contributed by atoms with E-state index in [0.29, 0.717) is 18.7 Å². The zero-order valence-corrected chi connectivity index (χ0v) is 18.6. The molecular formula is C24H23N3OS2. The maximum Gasteiger partial charge on any atom is 0.205 e. The molecule has 2 aromatic carbocycles. The van der Waals surface area contributed by atoms with E-state index >= 15 is 0 Å². The number of thioether (sulfide) groups is 2. The first-order chi connectivity index (χ1) is 14.6. The summed E-state index contributed by atoms with van der Waals surface area (Å²) in [4.78, 5) is 2.42. The molecule has 0 aliphatic carbocycles. The standard InChI is InChI=1S/C24H23N3OS2/c1-29-18-7-3-15(4-8-18)11-17-13-27-14-21-22(16-5-9-19(30-2)10-6-16)20(12-25)24(26)28-23(17)21/h3-11,22,27H,13-14,26H2,1-2H3/b17-11+/t22-/m0/s1. The van der Waals surface area contributed by atoms with Crippen LogP contribution in [-0.4, -0.2) is 25.6 Å². The lowest BCUT2D eigenvalue weighted by molar-refractivity contribution is 0.279. The molecular weight excluding hydrogens is 410 g/mol. The van der Waals surface area contributed by atoms with Gasteiger partial charge in [0.05, 0.1) is 5.92 Å². The van der Waals surface area contributed by atoms with E-state index in [4.69, 9.17) is 10.5 Å². The van der Waals surface area contributed by atoms with Gasteiger partial charge < -0.3 is 15.8 Å². The first-order valence-electron chi connectivity index (χ1n) is 9.65. The molecule has 4 rings (SSSR count). The summed E-state index contributed by atoms with van der Waals surface area (Å²) >= 11 is 3.42. The Hall–Kier alpha value is -2.59. The number of nitriles is 1. The summed E-state index contributed by atoms with van der Waals surface area (Å²) in [5.74, 6) is 0.781. The van der Waals surface area contributed by atoms with Crippen molar-refractivity contribution in [3.05, 3.63) is 88.0 Å². The van der Waals surface area contributed by atoms with Crippen LogP contribution in [0, 0.1) is 11.3 Å². The van der Waals surface area contributed by atoms with Gasteiger partial charge >= 0.3 is 0 Å². The first kappa shape index (κ1) is 20.7. The van der Waals surface area contributed by atoms with Crippen LogP contribution in [0.25, 0.3) is 6.08 Å². The Bertz CT molecular complexity index is 1080. The summed E-state index contributed by atoms with van der Waals surface area (Å²) < 4.78 is 6.02. The van der Waals surface area contributed by atoms with E-state index in [1.165, 1.54) is 9.79 Å². The minimum atomic E-state index is -0.204. The highest BCUT2D eigenvalue weighted by atomic mass is 32.2. The Morgan fingerprint density at radius 1 is 1.03 bits per heavy atom. The van der Waals surface area contributed by atoms with E-state index in [0.717, 1.165) is 28.0 Å². The minimum absolute atomic E-state index is 0.195. The van der Waals surface area contributed by atoms with Crippen LogP contribution in [0.15, 0.2) is 86.7 Å². The molecule has 2 heterocycles. The van der Waals surface area contributed by atoms with Crippen LogP contribution in [0.3, 0.4) is 0 Å². The molecule has 2 aliphatic rings. The van der Waals surface area contributed by atoms with Gasteiger partial charge in [0.25, 0.3) is 0 Å². The zero-order valence-electron chi connectivity index (χ0n) is 16.9. The van der Waals surface area contributed by atoms with E-state index in [1.807, 2.05) is 0 Å². The molecule has 30 heavy (non-hydrogen) atoms. The van der Waals surface area contributed by atoms with Gasteiger partial charge in [-0.25, -0.2) is 0 Å². The number of nitrogens with one attached hydrogen (secondary N) is 1. The summed E-state index contributed by atoms with van der Waals surface area (Å²) in [5, 5.41) is 13.3. The molecule has 1 atom stereocenters. The number of hydrogen-bond donors (Lipinski definition) is 2. The molecule has 0 radical (unpaired) electrons. The average molecular weight is 434 g/mol. The van der Waals surface area contributed by atoms with Gasteiger partial charge in [0.15, 0.2) is 0 Å². The summed E-state index contributed by atoms with van der Waals surface area (Å²) in [6.07, 6.45) is 6.25. The van der Waals surface area contributed by atoms with Crippen LogP contribution < -0.4 is 11.1 Å². The minimum Gasteiger partial charge on any atom is -0.440 e. The number of nitrogens with two attached hydrogens (primary N) is 1. The topological polar surface area (TPSA) is 71.1 Å². The van der Waals surface area contributed by atoms with Crippen LogP contribution in [0.4, 0.5) is 0 Å². The monoisotopic (exact) mass is 433 g/mol. The molecule has 0 aromatic heterocycles. The Balaban J connectivity index is 1.78. The first-order valence-corrected chi connectivity index (χ1v) is 12.1. The summed E-state index contributed by atoms with van der Waals surface area (Å²) in [7, 11) is 0. The number of allylic oxidation sites excluding steroid dienone is 1. The van der Waals surface area contributed by atoms with Crippen molar-refractivity contribution in [3.63, 3.8) is 0 Å². The zero-order chi connectivity index (χ0) is 21.1. The van der Waals surface area contributed by atoms with Gasteiger partial charge in [0, 0.05) is 28.5 Å². The van der Waals surface area contributed by atoms with Crippen molar-refractivity contribution >= 4 is 29.6 Å². The number of nitrogens with zero attached hydrogens (tertiary/aromatic N) is 1. The fraction of sp³-hybridized carbons (Fsp3) is 0.208.